The first kappa shape index (κ1) is 14.4. The Morgan fingerprint density at radius 2 is 2.00 bits per heavy atom. The zero-order valence-corrected chi connectivity index (χ0v) is 13.0. The molecule has 1 saturated carbocycles. The lowest BCUT2D eigenvalue weighted by Crippen LogP contribution is -2.43. The molecule has 0 aromatic heterocycles. The van der Waals surface area contributed by atoms with E-state index in [-0.39, 0.29) is 11.7 Å². The van der Waals surface area contributed by atoms with Crippen LogP contribution in [0.4, 0.5) is 0 Å². The van der Waals surface area contributed by atoms with Gasteiger partial charge in [-0.15, -0.1) is 0 Å². The van der Waals surface area contributed by atoms with Crippen molar-refractivity contribution in [3.8, 4) is 5.75 Å². The van der Waals surface area contributed by atoms with Crippen molar-refractivity contribution in [2.75, 3.05) is 0 Å². The molecule has 1 aliphatic rings. The van der Waals surface area contributed by atoms with E-state index in [9.17, 15) is 15.0 Å². The second-order valence-corrected chi connectivity index (χ2v) is 6.55. The topological polar surface area (TPSA) is 57.5 Å². The minimum atomic E-state index is -0.901. The highest BCUT2D eigenvalue weighted by molar-refractivity contribution is 9.10. The summed E-state index contributed by atoms with van der Waals surface area (Å²) in [6, 6.07) is 1.90. The summed E-state index contributed by atoms with van der Waals surface area (Å²) in [5, 5.41) is 20.1. The number of carboxylic acids is 1. The fourth-order valence-electron chi connectivity index (χ4n) is 2.88. The molecule has 1 aromatic rings. The third-order valence-corrected chi connectivity index (χ3v) is 5.07. The van der Waals surface area contributed by atoms with Crippen molar-refractivity contribution in [1.29, 1.82) is 0 Å². The molecule has 2 N–H and O–H groups in total. The molecule has 19 heavy (non-hydrogen) atoms. The summed E-state index contributed by atoms with van der Waals surface area (Å²) in [6.07, 6.45) is 2.10. The van der Waals surface area contributed by atoms with Crippen LogP contribution in [0.25, 0.3) is 0 Å². The molecule has 1 aromatic carbocycles. The van der Waals surface area contributed by atoms with Crippen LogP contribution >= 0.6 is 15.9 Å². The molecular weight excluding hydrogens is 308 g/mol. The molecule has 0 saturated heterocycles. The third kappa shape index (κ3) is 2.06. The lowest BCUT2D eigenvalue weighted by Gasteiger charge is -2.40. The van der Waals surface area contributed by atoms with Crippen LogP contribution in [0, 0.1) is 6.92 Å². The Kier molecular flexibility index (Phi) is 3.65. The van der Waals surface area contributed by atoms with E-state index in [0.717, 1.165) is 22.0 Å². The Balaban J connectivity index is 2.72. The van der Waals surface area contributed by atoms with Gasteiger partial charge in [0.15, 0.2) is 0 Å². The van der Waals surface area contributed by atoms with Gasteiger partial charge in [-0.05, 0) is 42.9 Å². The fraction of sp³-hybridized carbons (Fsp3) is 0.533. The van der Waals surface area contributed by atoms with Gasteiger partial charge in [-0.2, -0.15) is 0 Å². The number of carbonyl (C=O) groups is 1. The number of hydrogen-bond acceptors (Lipinski definition) is 2. The van der Waals surface area contributed by atoms with Crippen LogP contribution < -0.4 is 0 Å². The lowest BCUT2D eigenvalue weighted by atomic mass is 9.62. The average Bonchev–Trinajstić information content (AvgIpc) is 2.25. The molecule has 1 fully saturated rings. The van der Waals surface area contributed by atoms with Gasteiger partial charge in [0.1, 0.15) is 5.75 Å². The number of rotatable bonds is 3. The molecule has 1 aliphatic carbocycles. The smallest absolute Gasteiger partial charge is 0.314 e. The number of carboxylic acid groups (broad SMARTS) is 1. The van der Waals surface area contributed by atoms with Gasteiger partial charge >= 0.3 is 5.97 Å². The molecular formula is C15H19BrO3. The molecule has 0 aliphatic heterocycles. The molecule has 0 radical (unpaired) electrons. The molecule has 2 rings (SSSR count). The summed E-state index contributed by atoms with van der Waals surface area (Å²) in [7, 11) is 0. The summed E-state index contributed by atoms with van der Waals surface area (Å²) in [5.41, 5.74) is 1.34. The Morgan fingerprint density at radius 1 is 1.42 bits per heavy atom. The third-order valence-electron chi connectivity index (χ3n) is 4.24. The summed E-state index contributed by atoms with van der Waals surface area (Å²) >= 11 is 3.49. The normalized spacial score (nSPS) is 17.3. The van der Waals surface area contributed by atoms with Crippen LogP contribution in [0.15, 0.2) is 10.5 Å². The number of halogens is 1. The molecule has 104 valence electrons. The maximum Gasteiger partial charge on any atom is 0.314 e. The molecule has 0 unspecified atom stereocenters. The Hall–Kier alpha value is -1.03. The lowest BCUT2D eigenvalue weighted by molar-refractivity contribution is -0.147. The van der Waals surface area contributed by atoms with Crippen molar-refractivity contribution in [2.45, 2.75) is 51.4 Å². The van der Waals surface area contributed by atoms with Crippen LogP contribution in [-0.4, -0.2) is 16.2 Å². The summed E-state index contributed by atoms with van der Waals surface area (Å²) in [5.74, 6) is -0.510. The SMILES string of the molecule is Cc1c(Br)cc(C(C)C)c(O)c1C1(C(=O)O)CCC1. The fourth-order valence-corrected chi connectivity index (χ4v) is 3.33. The van der Waals surface area contributed by atoms with E-state index < -0.39 is 11.4 Å². The number of benzene rings is 1. The Labute approximate surface area is 121 Å². The highest BCUT2D eigenvalue weighted by atomic mass is 79.9. The monoisotopic (exact) mass is 326 g/mol. The van der Waals surface area contributed by atoms with Crippen molar-refractivity contribution in [1.82, 2.24) is 0 Å². The van der Waals surface area contributed by atoms with Crippen molar-refractivity contribution in [3.63, 3.8) is 0 Å². The first-order valence-corrected chi connectivity index (χ1v) is 7.36. The van der Waals surface area contributed by atoms with Crippen LogP contribution in [0.2, 0.25) is 0 Å². The molecule has 4 heteroatoms. The van der Waals surface area contributed by atoms with Crippen molar-refractivity contribution in [2.24, 2.45) is 0 Å². The molecule has 0 bridgehead atoms. The number of hydrogen-bond donors (Lipinski definition) is 2. The maximum atomic E-state index is 11.7. The van der Waals surface area contributed by atoms with Crippen LogP contribution in [0.1, 0.15) is 55.7 Å². The van der Waals surface area contributed by atoms with E-state index in [4.69, 9.17) is 0 Å². The Bertz CT molecular complexity index is 531. The summed E-state index contributed by atoms with van der Waals surface area (Å²) in [6.45, 7) is 5.86. The predicted octanol–water partition coefficient (Wildman–Crippen LogP) is 4.09. The van der Waals surface area contributed by atoms with Gasteiger partial charge in [-0.1, -0.05) is 36.2 Å². The van der Waals surface area contributed by atoms with Gasteiger partial charge in [0.25, 0.3) is 0 Å². The first-order valence-electron chi connectivity index (χ1n) is 6.57. The summed E-state index contributed by atoms with van der Waals surface area (Å²) in [4.78, 5) is 11.7. The summed E-state index contributed by atoms with van der Waals surface area (Å²) < 4.78 is 0.872. The molecule has 0 heterocycles. The molecule has 0 spiro atoms. The van der Waals surface area contributed by atoms with Gasteiger partial charge < -0.3 is 10.2 Å². The minimum Gasteiger partial charge on any atom is -0.507 e. The zero-order valence-electron chi connectivity index (χ0n) is 11.5. The quantitative estimate of drug-likeness (QED) is 0.879. The van der Waals surface area contributed by atoms with Gasteiger partial charge in [-0.3, -0.25) is 4.79 Å². The number of phenols is 1. The highest BCUT2D eigenvalue weighted by Crippen LogP contribution is 2.51. The van der Waals surface area contributed by atoms with Crippen molar-refractivity contribution < 1.29 is 15.0 Å². The van der Waals surface area contributed by atoms with Gasteiger partial charge in [-0.25, -0.2) is 0 Å². The Morgan fingerprint density at radius 3 is 2.37 bits per heavy atom. The van der Waals surface area contributed by atoms with Crippen LogP contribution in [0.5, 0.6) is 5.75 Å². The van der Waals surface area contributed by atoms with Crippen molar-refractivity contribution in [3.05, 3.63) is 27.2 Å². The number of aromatic hydroxyl groups is 1. The van der Waals surface area contributed by atoms with E-state index in [0.29, 0.717) is 18.4 Å². The maximum absolute atomic E-state index is 11.7. The van der Waals surface area contributed by atoms with E-state index >= 15 is 0 Å². The van der Waals surface area contributed by atoms with Gasteiger partial charge in [0, 0.05) is 10.0 Å². The number of phenolic OH excluding ortho intramolecular Hbond substituents is 1. The van der Waals surface area contributed by atoms with Crippen molar-refractivity contribution >= 4 is 21.9 Å². The van der Waals surface area contributed by atoms with E-state index in [1.807, 2.05) is 26.8 Å². The molecule has 3 nitrogen and oxygen atoms in total. The largest absolute Gasteiger partial charge is 0.507 e. The standard InChI is InChI=1S/C15H19BrO3/c1-8(2)10-7-11(16)9(3)12(13(10)17)15(14(18)19)5-4-6-15/h7-8,17H,4-6H2,1-3H3,(H,18,19). The zero-order chi connectivity index (χ0) is 14.4. The molecule has 0 amide bonds. The van der Waals surface area contributed by atoms with E-state index in [1.165, 1.54) is 0 Å². The van der Waals surface area contributed by atoms with Gasteiger partial charge in [0.05, 0.1) is 5.41 Å². The van der Waals surface area contributed by atoms with Crippen LogP contribution in [0.3, 0.4) is 0 Å². The average molecular weight is 327 g/mol. The van der Waals surface area contributed by atoms with Crippen LogP contribution in [-0.2, 0) is 10.2 Å². The van der Waals surface area contributed by atoms with E-state index in [1.54, 1.807) is 0 Å². The first-order chi connectivity index (χ1) is 8.81. The minimum absolute atomic E-state index is 0.154. The highest BCUT2D eigenvalue weighted by Gasteiger charge is 2.49. The predicted molar refractivity (Wildman–Crippen MR) is 77.8 cm³/mol. The second-order valence-electron chi connectivity index (χ2n) is 5.69. The van der Waals surface area contributed by atoms with E-state index in [2.05, 4.69) is 15.9 Å². The molecule has 0 atom stereocenters. The van der Waals surface area contributed by atoms with Gasteiger partial charge in [0.2, 0.25) is 0 Å². The number of aliphatic carboxylic acids is 1. The second kappa shape index (κ2) is 4.82.